The van der Waals surface area contributed by atoms with Crippen molar-refractivity contribution < 1.29 is 22.7 Å². The first-order chi connectivity index (χ1) is 8.40. The summed E-state index contributed by atoms with van der Waals surface area (Å²) in [4.78, 5) is 22.7. The van der Waals surface area contributed by atoms with Gasteiger partial charge >= 0.3 is 5.97 Å². The summed E-state index contributed by atoms with van der Waals surface area (Å²) in [5.74, 6) is -0.903. The van der Waals surface area contributed by atoms with Crippen LogP contribution in [0.3, 0.4) is 0 Å². The Hall–Kier alpha value is -0.950. The van der Waals surface area contributed by atoms with Crippen LogP contribution in [0.2, 0.25) is 0 Å². The van der Waals surface area contributed by atoms with E-state index >= 15 is 0 Å². The first-order valence-corrected chi connectivity index (χ1v) is 7.47. The smallest absolute Gasteiger partial charge is 0.313 e. The number of esters is 1. The molecule has 0 atom stereocenters. The molecule has 0 bridgehead atoms. The molecule has 0 aliphatic heterocycles. The summed E-state index contributed by atoms with van der Waals surface area (Å²) >= 11 is 0. The van der Waals surface area contributed by atoms with E-state index in [4.69, 9.17) is 0 Å². The van der Waals surface area contributed by atoms with Crippen molar-refractivity contribution in [3.63, 3.8) is 0 Å². The first-order valence-electron chi connectivity index (χ1n) is 5.92. The number of Topliss-reactive ketones (excluding diaryl/α,β-unsaturated/α-hetero) is 1. The van der Waals surface area contributed by atoms with Crippen LogP contribution in [0.4, 0.5) is 0 Å². The Kier molecular flexibility index (Phi) is 5.28. The Labute approximate surface area is 107 Å². The van der Waals surface area contributed by atoms with Gasteiger partial charge < -0.3 is 4.74 Å². The summed E-state index contributed by atoms with van der Waals surface area (Å²) in [6, 6.07) is 0. The lowest BCUT2D eigenvalue weighted by Crippen LogP contribution is -2.36. The minimum Gasteiger partial charge on any atom is -0.469 e. The van der Waals surface area contributed by atoms with Crippen molar-refractivity contribution >= 4 is 21.8 Å². The number of rotatable bonds is 5. The highest BCUT2D eigenvalue weighted by atomic mass is 32.2. The molecule has 0 radical (unpaired) electrons. The van der Waals surface area contributed by atoms with Gasteiger partial charge in [0, 0.05) is 5.92 Å². The third-order valence-corrected chi connectivity index (χ3v) is 5.32. The maximum Gasteiger partial charge on any atom is 0.313 e. The molecule has 0 heterocycles. The van der Waals surface area contributed by atoms with E-state index in [1.165, 1.54) is 14.2 Å². The number of nitrogens with one attached hydrogen (secondary N) is 1. The quantitative estimate of drug-likeness (QED) is 0.574. The second-order valence-corrected chi connectivity index (χ2v) is 6.61. The number of ether oxygens (including phenoxy) is 1. The number of sulfonamides is 1. The zero-order valence-corrected chi connectivity index (χ0v) is 11.5. The van der Waals surface area contributed by atoms with Crippen molar-refractivity contribution in [1.82, 2.24) is 4.72 Å². The lowest BCUT2D eigenvalue weighted by molar-refractivity contribution is -0.144. The molecule has 0 aromatic heterocycles. The van der Waals surface area contributed by atoms with Crippen LogP contribution in [0.25, 0.3) is 0 Å². The van der Waals surface area contributed by atoms with Crippen LogP contribution < -0.4 is 4.72 Å². The molecule has 7 heteroatoms. The van der Waals surface area contributed by atoms with Gasteiger partial charge in [-0.25, -0.2) is 13.1 Å². The van der Waals surface area contributed by atoms with Gasteiger partial charge in [0.2, 0.25) is 10.0 Å². The molecule has 0 amide bonds. The Morgan fingerprint density at radius 2 is 1.78 bits per heavy atom. The molecule has 0 aromatic carbocycles. The average molecular weight is 277 g/mol. The molecular weight excluding hydrogens is 258 g/mol. The summed E-state index contributed by atoms with van der Waals surface area (Å²) in [6.45, 7) is 0. The average Bonchev–Trinajstić information content (AvgIpc) is 2.38. The van der Waals surface area contributed by atoms with Gasteiger partial charge in [0.25, 0.3) is 0 Å². The van der Waals surface area contributed by atoms with E-state index < -0.39 is 21.2 Å². The summed E-state index contributed by atoms with van der Waals surface area (Å²) < 4.78 is 29.9. The molecule has 0 spiro atoms. The molecule has 1 rings (SSSR count). The number of hydrogen-bond donors (Lipinski definition) is 1. The largest absolute Gasteiger partial charge is 0.469 e. The normalized spacial score (nSPS) is 24.6. The molecule has 1 N–H and O–H groups in total. The fourth-order valence-electron chi connectivity index (χ4n) is 2.22. The third-order valence-electron chi connectivity index (χ3n) is 3.40. The monoisotopic (exact) mass is 277 g/mol. The van der Waals surface area contributed by atoms with Gasteiger partial charge in [-0.1, -0.05) is 0 Å². The molecule has 104 valence electrons. The Morgan fingerprint density at radius 1 is 1.22 bits per heavy atom. The maximum atomic E-state index is 11.7. The van der Waals surface area contributed by atoms with Gasteiger partial charge in [-0.15, -0.1) is 0 Å². The number of ketones is 1. The molecule has 0 aromatic rings. The van der Waals surface area contributed by atoms with Crippen LogP contribution in [0.5, 0.6) is 0 Å². The molecule has 1 fully saturated rings. The van der Waals surface area contributed by atoms with Gasteiger partial charge in [-0.05, 0) is 32.7 Å². The summed E-state index contributed by atoms with van der Waals surface area (Å²) in [5.41, 5.74) is 0. The van der Waals surface area contributed by atoms with E-state index in [-0.39, 0.29) is 18.1 Å². The molecular formula is C11H19NO5S. The van der Waals surface area contributed by atoms with Crippen LogP contribution in [-0.4, -0.2) is 39.6 Å². The van der Waals surface area contributed by atoms with E-state index in [1.54, 1.807) is 0 Å². The van der Waals surface area contributed by atoms with Crippen molar-refractivity contribution in [2.75, 3.05) is 14.2 Å². The summed E-state index contributed by atoms with van der Waals surface area (Å²) in [6.07, 6.45) is 1.73. The van der Waals surface area contributed by atoms with Crippen LogP contribution in [0, 0.1) is 5.92 Å². The molecule has 1 saturated carbocycles. The Balaban J connectivity index is 2.49. The van der Waals surface area contributed by atoms with E-state index in [0.29, 0.717) is 25.7 Å². The highest BCUT2D eigenvalue weighted by Crippen LogP contribution is 2.29. The molecule has 0 saturated heterocycles. The molecule has 6 nitrogen and oxygen atoms in total. The molecule has 0 unspecified atom stereocenters. The van der Waals surface area contributed by atoms with E-state index in [2.05, 4.69) is 9.46 Å². The summed E-state index contributed by atoms with van der Waals surface area (Å²) in [5, 5.41) is -0.426. The highest BCUT2D eigenvalue weighted by molar-refractivity contribution is 7.90. The van der Waals surface area contributed by atoms with Gasteiger partial charge in [-0.2, -0.15) is 0 Å². The highest BCUT2D eigenvalue weighted by Gasteiger charge is 2.33. The van der Waals surface area contributed by atoms with Crippen molar-refractivity contribution in [1.29, 1.82) is 0 Å². The fraction of sp³-hybridized carbons (Fsp3) is 0.818. The van der Waals surface area contributed by atoms with Crippen LogP contribution in [0.15, 0.2) is 0 Å². The lowest BCUT2D eigenvalue weighted by atomic mass is 9.85. The summed E-state index contributed by atoms with van der Waals surface area (Å²) in [7, 11) is -0.616. The fourth-order valence-corrected chi connectivity index (χ4v) is 3.45. The third kappa shape index (κ3) is 3.78. The van der Waals surface area contributed by atoms with Gasteiger partial charge in [0.15, 0.2) is 0 Å². The van der Waals surface area contributed by atoms with E-state index in [9.17, 15) is 18.0 Å². The Morgan fingerprint density at radius 3 is 2.22 bits per heavy atom. The number of carbonyl (C=O) groups is 2. The zero-order valence-electron chi connectivity index (χ0n) is 10.6. The number of hydrogen-bond acceptors (Lipinski definition) is 5. The number of carbonyl (C=O) groups excluding carboxylic acids is 2. The lowest BCUT2D eigenvalue weighted by Gasteiger charge is -2.26. The van der Waals surface area contributed by atoms with Crippen LogP contribution in [0.1, 0.15) is 32.1 Å². The van der Waals surface area contributed by atoms with Crippen LogP contribution in [-0.2, 0) is 24.3 Å². The van der Waals surface area contributed by atoms with E-state index in [0.717, 1.165) is 0 Å². The van der Waals surface area contributed by atoms with Gasteiger partial charge in [-0.3, -0.25) is 9.59 Å². The van der Waals surface area contributed by atoms with Crippen molar-refractivity contribution in [2.45, 2.75) is 37.4 Å². The van der Waals surface area contributed by atoms with Gasteiger partial charge in [0.1, 0.15) is 12.2 Å². The maximum absolute atomic E-state index is 11.7. The zero-order chi connectivity index (χ0) is 13.8. The first kappa shape index (κ1) is 15.1. The predicted octanol–water partition coefficient (Wildman–Crippen LogP) is 0.227. The SMILES string of the molecule is CNS(=O)(=O)C1CCC(C(=O)CC(=O)OC)CC1. The minimum absolute atomic E-state index is 0.151. The van der Waals surface area contributed by atoms with Crippen molar-refractivity contribution in [3.8, 4) is 0 Å². The van der Waals surface area contributed by atoms with Crippen molar-refractivity contribution in [3.05, 3.63) is 0 Å². The molecule has 18 heavy (non-hydrogen) atoms. The Bertz CT molecular complexity index is 409. The predicted molar refractivity (Wildman–Crippen MR) is 65.4 cm³/mol. The topological polar surface area (TPSA) is 89.5 Å². The number of methoxy groups -OCH3 is 1. The second-order valence-electron chi connectivity index (χ2n) is 4.44. The van der Waals surface area contributed by atoms with Crippen LogP contribution >= 0.6 is 0 Å². The van der Waals surface area contributed by atoms with E-state index in [1.807, 2.05) is 0 Å². The van der Waals surface area contributed by atoms with Crippen molar-refractivity contribution in [2.24, 2.45) is 5.92 Å². The second kappa shape index (κ2) is 6.29. The van der Waals surface area contributed by atoms with Gasteiger partial charge in [0.05, 0.1) is 12.4 Å². The molecule has 1 aliphatic rings. The standard InChI is InChI=1S/C11H19NO5S/c1-12-18(15,16)9-5-3-8(4-6-9)10(13)7-11(14)17-2/h8-9,12H,3-7H2,1-2H3. The molecule has 1 aliphatic carbocycles. The minimum atomic E-state index is -3.25.